The van der Waals surface area contributed by atoms with E-state index in [9.17, 15) is 9.59 Å². The summed E-state index contributed by atoms with van der Waals surface area (Å²) in [5, 5.41) is 8.83. The third-order valence-corrected chi connectivity index (χ3v) is 5.94. The van der Waals surface area contributed by atoms with Crippen LogP contribution in [0.3, 0.4) is 0 Å². The fraction of sp³-hybridized carbons (Fsp3) is 0.321. The molecular formula is C28H37N7O3. The van der Waals surface area contributed by atoms with Gasteiger partial charge in [0, 0.05) is 68.8 Å². The highest BCUT2D eigenvalue weighted by Gasteiger charge is 2.20. The van der Waals surface area contributed by atoms with Gasteiger partial charge in [-0.25, -0.2) is 9.79 Å². The lowest BCUT2D eigenvalue weighted by Gasteiger charge is -2.36. The van der Waals surface area contributed by atoms with Crippen molar-refractivity contribution in [1.29, 1.82) is 0 Å². The van der Waals surface area contributed by atoms with Gasteiger partial charge in [0.25, 0.3) is 0 Å². The zero-order valence-electron chi connectivity index (χ0n) is 22.1. The van der Waals surface area contributed by atoms with E-state index in [-0.39, 0.29) is 11.9 Å². The molecule has 3 amide bonds. The van der Waals surface area contributed by atoms with Gasteiger partial charge in [-0.05, 0) is 55.0 Å². The molecule has 0 aliphatic carbocycles. The van der Waals surface area contributed by atoms with Crippen LogP contribution >= 0.6 is 0 Å². The number of nitrogens with one attached hydrogen (secondary N) is 3. The molecule has 38 heavy (non-hydrogen) atoms. The largest absolute Gasteiger partial charge is 0.398 e. The van der Waals surface area contributed by atoms with E-state index < -0.39 is 0 Å². The van der Waals surface area contributed by atoms with Crippen LogP contribution in [0.4, 0.5) is 21.9 Å². The second-order valence-corrected chi connectivity index (χ2v) is 8.70. The number of carbonyl (C=O) groups excluding carboxylic acids is 2. The summed E-state index contributed by atoms with van der Waals surface area (Å²) < 4.78 is 4.91. The predicted octanol–water partition coefficient (Wildman–Crippen LogP) is 3.47. The molecule has 2 aromatic rings. The number of amides is 3. The molecule has 0 unspecified atom stereocenters. The van der Waals surface area contributed by atoms with E-state index in [0.29, 0.717) is 49.9 Å². The minimum atomic E-state index is -0.105. The quantitative estimate of drug-likeness (QED) is 0.337. The molecule has 0 saturated carbocycles. The summed E-state index contributed by atoms with van der Waals surface area (Å²) >= 11 is 0. The van der Waals surface area contributed by atoms with Crippen molar-refractivity contribution in [3.63, 3.8) is 0 Å². The van der Waals surface area contributed by atoms with Crippen LogP contribution < -0.4 is 26.6 Å². The summed E-state index contributed by atoms with van der Waals surface area (Å²) in [5.41, 5.74) is 10.2. The minimum Gasteiger partial charge on any atom is -0.398 e. The molecule has 10 nitrogen and oxygen atoms in total. The van der Waals surface area contributed by atoms with Crippen LogP contribution in [0.25, 0.3) is 5.70 Å². The number of nitrogens with zero attached hydrogens (tertiary/aromatic N) is 3. The predicted molar refractivity (Wildman–Crippen MR) is 154 cm³/mol. The Morgan fingerprint density at radius 2 is 1.66 bits per heavy atom. The number of urea groups is 1. The molecule has 1 saturated heterocycles. The van der Waals surface area contributed by atoms with E-state index in [4.69, 9.17) is 10.5 Å². The number of hydrogen-bond acceptors (Lipinski definition) is 7. The number of piperazine rings is 1. The first-order chi connectivity index (χ1) is 18.4. The second-order valence-electron chi connectivity index (χ2n) is 8.70. The van der Waals surface area contributed by atoms with Gasteiger partial charge >= 0.3 is 6.03 Å². The van der Waals surface area contributed by atoms with Gasteiger partial charge in [0.2, 0.25) is 5.91 Å². The van der Waals surface area contributed by atoms with Crippen LogP contribution in [-0.4, -0.2) is 69.5 Å². The van der Waals surface area contributed by atoms with Crippen molar-refractivity contribution in [3.8, 4) is 0 Å². The number of aliphatic imine (C=N–C) groups is 1. The lowest BCUT2D eigenvalue weighted by Crippen LogP contribution is -2.51. The first-order valence-corrected chi connectivity index (χ1v) is 12.6. The van der Waals surface area contributed by atoms with E-state index in [1.54, 1.807) is 31.5 Å². The SMILES string of the molecule is C=C(N=C/C=C(\N)c1ccc(NC(=O)CCOC)cc1)Nc1ccc(N2CCN(C(=O)NCC)CC2)cc1. The Labute approximate surface area is 224 Å². The molecule has 2 aromatic carbocycles. The Balaban J connectivity index is 1.46. The molecule has 0 spiro atoms. The van der Waals surface area contributed by atoms with E-state index in [1.807, 2.05) is 48.2 Å². The number of hydrogen-bond donors (Lipinski definition) is 4. The molecule has 0 bridgehead atoms. The van der Waals surface area contributed by atoms with Gasteiger partial charge in [0.15, 0.2) is 0 Å². The summed E-state index contributed by atoms with van der Waals surface area (Å²) in [7, 11) is 1.56. The third kappa shape index (κ3) is 8.67. The van der Waals surface area contributed by atoms with Crippen molar-refractivity contribution in [2.45, 2.75) is 13.3 Å². The van der Waals surface area contributed by atoms with Crippen molar-refractivity contribution < 1.29 is 14.3 Å². The highest BCUT2D eigenvalue weighted by Crippen LogP contribution is 2.20. The van der Waals surface area contributed by atoms with Gasteiger partial charge in [-0.15, -0.1) is 0 Å². The zero-order valence-corrected chi connectivity index (χ0v) is 22.1. The maximum atomic E-state index is 12.0. The first kappa shape index (κ1) is 28.3. The molecule has 0 radical (unpaired) electrons. The molecule has 5 N–H and O–H groups in total. The molecule has 10 heteroatoms. The number of allylic oxidation sites excluding steroid dienone is 1. The van der Waals surface area contributed by atoms with Gasteiger partial charge in [0.05, 0.1) is 13.0 Å². The Bertz CT molecular complexity index is 1140. The Kier molecular flexibility index (Phi) is 10.7. The van der Waals surface area contributed by atoms with Crippen molar-refractivity contribution >= 4 is 40.9 Å². The van der Waals surface area contributed by atoms with Crippen molar-refractivity contribution in [3.05, 3.63) is 72.6 Å². The number of carbonyl (C=O) groups is 2. The maximum absolute atomic E-state index is 12.0. The van der Waals surface area contributed by atoms with E-state index in [2.05, 4.69) is 32.4 Å². The summed E-state index contributed by atoms with van der Waals surface area (Å²) in [6.07, 6.45) is 3.59. The Hall–Kier alpha value is -4.31. The van der Waals surface area contributed by atoms with Gasteiger partial charge in [-0.2, -0.15) is 0 Å². The van der Waals surface area contributed by atoms with Gasteiger partial charge < -0.3 is 36.2 Å². The van der Waals surface area contributed by atoms with E-state index in [0.717, 1.165) is 30.0 Å². The lowest BCUT2D eigenvalue weighted by molar-refractivity contribution is -0.117. The minimum absolute atomic E-state index is 0.000297. The second kappa shape index (κ2) is 14.4. The van der Waals surface area contributed by atoms with Crippen LogP contribution in [0.15, 0.2) is 72.0 Å². The number of ether oxygens (including phenoxy) is 1. The monoisotopic (exact) mass is 519 g/mol. The molecular weight excluding hydrogens is 482 g/mol. The highest BCUT2D eigenvalue weighted by molar-refractivity contribution is 5.91. The Morgan fingerprint density at radius 3 is 2.29 bits per heavy atom. The van der Waals surface area contributed by atoms with Gasteiger partial charge in [-0.3, -0.25) is 4.79 Å². The summed E-state index contributed by atoms with van der Waals surface area (Å²) in [5.74, 6) is 0.374. The van der Waals surface area contributed by atoms with Crippen LogP contribution in [0.1, 0.15) is 18.9 Å². The molecule has 0 aromatic heterocycles. The molecule has 1 aliphatic rings. The number of methoxy groups -OCH3 is 1. The lowest BCUT2D eigenvalue weighted by atomic mass is 10.1. The summed E-state index contributed by atoms with van der Waals surface area (Å²) in [4.78, 5) is 32.2. The molecule has 1 heterocycles. The molecule has 0 atom stereocenters. The summed E-state index contributed by atoms with van der Waals surface area (Å²) in [6, 6.07) is 15.3. The van der Waals surface area contributed by atoms with Crippen LogP contribution in [0.2, 0.25) is 0 Å². The van der Waals surface area contributed by atoms with Crippen LogP contribution in [0.5, 0.6) is 0 Å². The number of anilines is 3. The molecule has 202 valence electrons. The summed E-state index contributed by atoms with van der Waals surface area (Å²) in [6.45, 7) is 9.87. The van der Waals surface area contributed by atoms with Crippen molar-refractivity contribution in [1.82, 2.24) is 10.2 Å². The average molecular weight is 520 g/mol. The number of rotatable bonds is 11. The van der Waals surface area contributed by atoms with Gasteiger partial charge in [0.1, 0.15) is 5.82 Å². The molecule has 1 aliphatic heterocycles. The smallest absolute Gasteiger partial charge is 0.317 e. The maximum Gasteiger partial charge on any atom is 0.317 e. The zero-order chi connectivity index (χ0) is 27.3. The van der Waals surface area contributed by atoms with Crippen molar-refractivity contribution in [2.24, 2.45) is 10.7 Å². The fourth-order valence-electron chi connectivity index (χ4n) is 3.85. The topological polar surface area (TPSA) is 124 Å². The van der Waals surface area contributed by atoms with Crippen molar-refractivity contribution in [2.75, 3.05) is 62.0 Å². The molecule has 3 rings (SSSR count). The highest BCUT2D eigenvalue weighted by atomic mass is 16.5. The van der Waals surface area contributed by atoms with Crippen LogP contribution in [0, 0.1) is 0 Å². The standard InChI is InChI=1S/C28H37N7O3/c1-4-30-28(37)35-18-16-34(17-19-35)25-11-9-23(10-12-25)32-21(2)31-15-13-26(29)22-5-7-24(8-6-22)33-27(36)14-20-38-3/h5-13,15,32H,2,4,14,16-20,29H2,1,3H3,(H,30,37)(H,33,36)/b26-13-,31-15?. The van der Waals surface area contributed by atoms with E-state index >= 15 is 0 Å². The first-order valence-electron chi connectivity index (χ1n) is 12.6. The number of benzene rings is 2. The van der Waals surface area contributed by atoms with E-state index in [1.165, 1.54) is 0 Å². The third-order valence-electron chi connectivity index (χ3n) is 5.94. The van der Waals surface area contributed by atoms with Gasteiger partial charge in [-0.1, -0.05) is 18.7 Å². The average Bonchev–Trinajstić information content (AvgIpc) is 2.93. The normalized spacial score (nSPS) is 13.9. The molecule has 1 fully saturated rings. The number of nitrogens with two attached hydrogens (primary N) is 1. The fourth-order valence-corrected chi connectivity index (χ4v) is 3.85. The Morgan fingerprint density at radius 1 is 1.03 bits per heavy atom. The van der Waals surface area contributed by atoms with Crippen LogP contribution in [-0.2, 0) is 9.53 Å².